The van der Waals surface area contributed by atoms with Gasteiger partial charge in [0.25, 0.3) is 0 Å². The highest BCUT2D eigenvalue weighted by Crippen LogP contribution is 2.52. The Morgan fingerprint density at radius 1 is 1.14 bits per heavy atom. The van der Waals surface area contributed by atoms with E-state index in [0.29, 0.717) is 22.6 Å². The molecule has 1 fully saturated rings. The fraction of sp³-hybridized carbons (Fsp3) is 0.481. The van der Waals surface area contributed by atoms with Gasteiger partial charge in [-0.15, -0.1) is 0 Å². The van der Waals surface area contributed by atoms with Gasteiger partial charge in [0.05, 0.1) is 28.9 Å². The predicted octanol–water partition coefficient (Wildman–Crippen LogP) is 6.27. The van der Waals surface area contributed by atoms with Gasteiger partial charge < -0.3 is 10.0 Å². The van der Waals surface area contributed by atoms with Crippen LogP contribution in [0.15, 0.2) is 42.5 Å². The molecule has 37 heavy (non-hydrogen) atoms. The van der Waals surface area contributed by atoms with E-state index in [1.165, 1.54) is 17.0 Å². The molecule has 0 saturated carbocycles. The Hall–Kier alpha value is -2.16. The maximum Gasteiger partial charge on any atom is 0.304 e. The molecular weight excluding hydrogens is 540 g/mol. The van der Waals surface area contributed by atoms with Crippen LogP contribution in [0.25, 0.3) is 0 Å². The standard InChI is InChI=1S/C27H32Cl2FNO5S/c1-5-22(15-37(35,36)16(2)3)31-25(17-6-8-19(28)9-7-17)23(18-10-20(29)12-21(30)11-18)13-27(4,26(31)34)14-24(32)33/h6-12,16,22-23,25H,5,13-15H2,1-4H3,(H,32,33)/t22?,23-,25-,27-/m1/s1. The van der Waals surface area contributed by atoms with E-state index in [4.69, 9.17) is 23.2 Å². The van der Waals surface area contributed by atoms with E-state index in [2.05, 4.69) is 0 Å². The van der Waals surface area contributed by atoms with Crippen molar-refractivity contribution in [1.29, 1.82) is 0 Å². The molecule has 1 heterocycles. The molecule has 2 aromatic rings. The third-order valence-corrected chi connectivity index (χ3v) is 9.93. The predicted molar refractivity (Wildman–Crippen MR) is 143 cm³/mol. The summed E-state index contributed by atoms with van der Waals surface area (Å²) in [6.07, 6.45) is -0.0286. The maximum atomic E-state index is 14.5. The molecule has 10 heteroatoms. The topological polar surface area (TPSA) is 91.8 Å². The number of nitrogens with zero attached hydrogens (tertiary/aromatic N) is 1. The molecule has 6 nitrogen and oxygen atoms in total. The first-order valence-electron chi connectivity index (χ1n) is 12.2. The van der Waals surface area contributed by atoms with Crippen molar-refractivity contribution in [3.63, 3.8) is 0 Å². The third kappa shape index (κ3) is 6.47. The number of hydrogen-bond donors (Lipinski definition) is 1. The van der Waals surface area contributed by atoms with Crippen LogP contribution in [-0.2, 0) is 19.4 Å². The van der Waals surface area contributed by atoms with Crippen molar-refractivity contribution in [1.82, 2.24) is 4.90 Å². The van der Waals surface area contributed by atoms with Crippen LogP contribution in [-0.4, -0.2) is 47.3 Å². The second-order valence-electron chi connectivity index (χ2n) is 10.3. The van der Waals surface area contributed by atoms with Crippen LogP contribution >= 0.6 is 23.2 Å². The average molecular weight is 573 g/mol. The first-order chi connectivity index (χ1) is 17.2. The van der Waals surface area contributed by atoms with Crippen LogP contribution in [0.5, 0.6) is 0 Å². The first-order valence-corrected chi connectivity index (χ1v) is 14.6. The molecule has 0 radical (unpaired) electrons. The number of amides is 1. The molecule has 1 unspecified atom stereocenters. The molecule has 0 aromatic heterocycles. The van der Waals surface area contributed by atoms with Gasteiger partial charge in [-0.2, -0.15) is 0 Å². The van der Waals surface area contributed by atoms with E-state index in [9.17, 15) is 27.5 Å². The largest absolute Gasteiger partial charge is 0.481 e. The molecule has 1 saturated heterocycles. The van der Waals surface area contributed by atoms with Crippen LogP contribution in [0.3, 0.4) is 0 Å². The lowest BCUT2D eigenvalue weighted by molar-refractivity contribution is -0.160. The Balaban J connectivity index is 2.29. The quantitative estimate of drug-likeness (QED) is 0.382. The molecule has 202 valence electrons. The van der Waals surface area contributed by atoms with Crippen LogP contribution in [0.1, 0.15) is 70.0 Å². The zero-order valence-corrected chi connectivity index (χ0v) is 23.6. The van der Waals surface area contributed by atoms with Crippen LogP contribution in [0, 0.1) is 11.2 Å². The zero-order valence-electron chi connectivity index (χ0n) is 21.2. The zero-order chi connectivity index (χ0) is 27.7. The minimum Gasteiger partial charge on any atom is -0.481 e. The summed E-state index contributed by atoms with van der Waals surface area (Å²) in [6, 6.07) is 9.54. The van der Waals surface area contributed by atoms with Crippen molar-refractivity contribution in [3.8, 4) is 0 Å². The first kappa shape index (κ1) is 29.4. The van der Waals surface area contributed by atoms with E-state index in [0.717, 1.165) is 0 Å². The number of aliphatic carboxylic acids is 1. The third-order valence-electron chi connectivity index (χ3n) is 7.18. The molecule has 3 rings (SSSR count). The lowest BCUT2D eigenvalue weighted by Gasteiger charge is -2.51. The summed E-state index contributed by atoms with van der Waals surface area (Å²) in [5, 5.41) is 9.68. The SMILES string of the molecule is CCC(CS(=O)(=O)C(C)C)N1C(=O)[C@@](C)(CC(=O)O)C[C@H](c2cc(F)cc(Cl)c2)[C@H]1c1ccc(Cl)cc1. The smallest absolute Gasteiger partial charge is 0.304 e. The van der Waals surface area contributed by atoms with E-state index in [1.54, 1.807) is 58.0 Å². The monoisotopic (exact) mass is 571 g/mol. The van der Waals surface area contributed by atoms with Gasteiger partial charge in [0.15, 0.2) is 9.84 Å². The number of piperidine rings is 1. The number of benzene rings is 2. The second kappa shape index (κ2) is 11.3. The highest BCUT2D eigenvalue weighted by atomic mass is 35.5. The second-order valence-corrected chi connectivity index (χ2v) is 13.8. The number of carboxylic acid groups (broad SMARTS) is 1. The van der Waals surface area contributed by atoms with Crippen molar-refractivity contribution >= 4 is 44.9 Å². The van der Waals surface area contributed by atoms with Gasteiger partial charge in [0.1, 0.15) is 5.82 Å². The van der Waals surface area contributed by atoms with Gasteiger partial charge in [-0.05, 0) is 68.1 Å². The number of rotatable bonds is 9. The van der Waals surface area contributed by atoms with Crippen molar-refractivity contribution in [2.45, 2.75) is 70.2 Å². The lowest BCUT2D eigenvalue weighted by Crippen LogP contribution is -2.57. The molecule has 4 atom stereocenters. The van der Waals surface area contributed by atoms with Crippen molar-refractivity contribution in [2.75, 3.05) is 5.75 Å². The number of likely N-dealkylation sites (tertiary alicyclic amines) is 1. The molecule has 1 aliphatic rings. The Bertz CT molecular complexity index is 1250. The Labute approximate surface area is 227 Å². The van der Waals surface area contributed by atoms with Crippen molar-refractivity contribution < 1.29 is 27.5 Å². The summed E-state index contributed by atoms with van der Waals surface area (Å²) in [5.41, 5.74) is -0.172. The number of carboxylic acids is 1. The summed E-state index contributed by atoms with van der Waals surface area (Å²) in [6.45, 7) is 6.54. The van der Waals surface area contributed by atoms with Crippen LogP contribution in [0.4, 0.5) is 4.39 Å². The summed E-state index contributed by atoms with van der Waals surface area (Å²) in [7, 11) is -3.56. The summed E-state index contributed by atoms with van der Waals surface area (Å²) in [5.74, 6) is -3.00. The summed E-state index contributed by atoms with van der Waals surface area (Å²) >= 11 is 12.3. The summed E-state index contributed by atoms with van der Waals surface area (Å²) in [4.78, 5) is 27.5. The highest BCUT2D eigenvalue weighted by Gasteiger charge is 2.52. The average Bonchev–Trinajstić information content (AvgIpc) is 2.78. The maximum absolute atomic E-state index is 14.5. The number of sulfone groups is 1. The fourth-order valence-electron chi connectivity index (χ4n) is 5.19. The molecule has 1 N–H and O–H groups in total. The molecule has 2 aromatic carbocycles. The number of carbonyl (C=O) groups excluding carboxylic acids is 1. The molecule has 1 amide bonds. The van der Waals surface area contributed by atoms with Gasteiger partial charge in [0, 0.05) is 22.0 Å². The van der Waals surface area contributed by atoms with Crippen LogP contribution in [0.2, 0.25) is 10.0 Å². The Kier molecular flexibility index (Phi) is 8.97. The number of carbonyl (C=O) groups is 2. The Morgan fingerprint density at radius 3 is 2.27 bits per heavy atom. The molecule has 0 aliphatic carbocycles. The van der Waals surface area contributed by atoms with E-state index < -0.39 is 62.6 Å². The van der Waals surface area contributed by atoms with Gasteiger partial charge in [-0.25, -0.2) is 12.8 Å². The number of halogens is 3. The van der Waals surface area contributed by atoms with Gasteiger partial charge >= 0.3 is 5.97 Å². The van der Waals surface area contributed by atoms with Crippen LogP contribution < -0.4 is 0 Å². The molecule has 0 bridgehead atoms. The highest BCUT2D eigenvalue weighted by molar-refractivity contribution is 7.92. The van der Waals surface area contributed by atoms with Gasteiger partial charge in [-0.1, -0.05) is 49.2 Å². The van der Waals surface area contributed by atoms with Gasteiger partial charge in [-0.3, -0.25) is 9.59 Å². The van der Waals surface area contributed by atoms with Gasteiger partial charge in [0.2, 0.25) is 5.91 Å². The molecule has 0 spiro atoms. The fourth-order valence-corrected chi connectivity index (χ4v) is 6.86. The summed E-state index contributed by atoms with van der Waals surface area (Å²) < 4.78 is 40.5. The number of hydrogen-bond acceptors (Lipinski definition) is 4. The lowest BCUT2D eigenvalue weighted by atomic mass is 9.67. The van der Waals surface area contributed by atoms with Crippen molar-refractivity contribution in [2.24, 2.45) is 5.41 Å². The van der Waals surface area contributed by atoms with E-state index in [-0.39, 0.29) is 17.2 Å². The van der Waals surface area contributed by atoms with E-state index in [1.807, 2.05) is 0 Å². The minimum atomic E-state index is -3.56. The molecular formula is C27H32Cl2FNO5S. The Morgan fingerprint density at radius 2 is 1.76 bits per heavy atom. The minimum absolute atomic E-state index is 0.106. The van der Waals surface area contributed by atoms with E-state index >= 15 is 0 Å². The normalized spacial score (nSPS) is 23.4. The van der Waals surface area contributed by atoms with Crippen molar-refractivity contribution in [3.05, 3.63) is 69.5 Å². The molecule has 1 aliphatic heterocycles.